The lowest BCUT2D eigenvalue weighted by atomic mass is 10.1. The van der Waals surface area contributed by atoms with Crippen LogP contribution >= 0.6 is 0 Å². The third kappa shape index (κ3) is 3.97. The topological polar surface area (TPSA) is 64.2 Å². The summed E-state index contributed by atoms with van der Waals surface area (Å²) < 4.78 is 13.1. The normalized spacial score (nSPS) is 14.0. The molecule has 1 heterocycles. The van der Waals surface area contributed by atoms with Crippen LogP contribution < -0.4 is 14.9 Å². The van der Waals surface area contributed by atoms with Gasteiger partial charge in [0.05, 0.1) is 19.3 Å². The number of benzene rings is 1. The van der Waals surface area contributed by atoms with Crippen LogP contribution in [-0.4, -0.2) is 18.3 Å². The summed E-state index contributed by atoms with van der Waals surface area (Å²) in [6.45, 7) is 4.36. The molecule has 1 saturated carbocycles. The molecule has 0 bridgehead atoms. The Hall–Kier alpha value is -3.00. The number of nitrogens with zero attached hydrogens (tertiary/aromatic N) is 2. The van der Waals surface area contributed by atoms with Gasteiger partial charge < -0.3 is 14.0 Å². The van der Waals surface area contributed by atoms with E-state index in [1.165, 1.54) is 12.8 Å². The Bertz CT molecular complexity index is 920. The molecule has 2 aromatic rings. The van der Waals surface area contributed by atoms with Crippen LogP contribution in [0.1, 0.15) is 29.8 Å². The van der Waals surface area contributed by atoms with Crippen molar-refractivity contribution in [2.24, 2.45) is 5.92 Å². The molecule has 26 heavy (non-hydrogen) atoms. The summed E-state index contributed by atoms with van der Waals surface area (Å²) in [7, 11) is 1.60. The first-order valence-corrected chi connectivity index (χ1v) is 8.64. The lowest BCUT2D eigenvalue weighted by molar-refractivity contribution is 0.280. The van der Waals surface area contributed by atoms with Crippen LogP contribution in [-0.2, 0) is 0 Å². The van der Waals surface area contributed by atoms with Crippen molar-refractivity contribution in [2.45, 2.75) is 26.7 Å². The van der Waals surface area contributed by atoms with E-state index in [-0.39, 0.29) is 5.43 Å². The van der Waals surface area contributed by atoms with Crippen molar-refractivity contribution in [3.63, 3.8) is 0 Å². The Balaban J connectivity index is 1.98. The SMILES string of the molecule is COc1ccc(/C(C#N)=C/n2c(C)cc(=O)cc2C)cc1OCC1CC1. The fourth-order valence-electron chi connectivity index (χ4n) is 2.82. The molecule has 0 unspecified atom stereocenters. The Morgan fingerprint density at radius 3 is 2.50 bits per heavy atom. The average molecular weight is 350 g/mol. The van der Waals surface area contributed by atoms with E-state index in [0.29, 0.717) is 29.6 Å². The molecule has 5 nitrogen and oxygen atoms in total. The summed E-state index contributed by atoms with van der Waals surface area (Å²) in [6, 6.07) is 10.8. The summed E-state index contributed by atoms with van der Waals surface area (Å²) in [6.07, 6.45) is 4.16. The number of allylic oxidation sites excluding steroid dienone is 1. The number of nitriles is 1. The summed E-state index contributed by atoms with van der Waals surface area (Å²) in [5, 5.41) is 9.66. The van der Waals surface area contributed by atoms with E-state index in [1.807, 2.05) is 36.6 Å². The molecule has 134 valence electrons. The molecule has 3 rings (SSSR count). The fraction of sp³-hybridized carbons (Fsp3) is 0.333. The van der Waals surface area contributed by atoms with Gasteiger partial charge in [-0.3, -0.25) is 4.79 Å². The Labute approximate surface area is 153 Å². The number of hydrogen-bond acceptors (Lipinski definition) is 4. The lowest BCUT2D eigenvalue weighted by Gasteiger charge is -2.13. The fourth-order valence-corrected chi connectivity index (χ4v) is 2.82. The first-order valence-electron chi connectivity index (χ1n) is 8.64. The van der Waals surface area contributed by atoms with Gasteiger partial charge in [-0.25, -0.2) is 0 Å². The largest absolute Gasteiger partial charge is 0.493 e. The maximum absolute atomic E-state index is 11.6. The minimum Gasteiger partial charge on any atom is -0.493 e. The van der Waals surface area contributed by atoms with Gasteiger partial charge in [-0.1, -0.05) is 0 Å². The van der Waals surface area contributed by atoms with Gasteiger partial charge in [0.25, 0.3) is 0 Å². The van der Waals surface area contributed by atoms with Crippen LogP contribution in [0.3, 0.4) is 0 Å². The average Bonchev–Trinajstić information content (AvgIpc) is 3.43. The first kappa shape index (κ1) is 17.8. The maximum atomic E-state index is 11.6. The van der Waals surface area contributed by atoms with Crippen molar-refractivity contribution in [2.75, 3.05) is 13.7 Å². The zero-order valence-corrected chi connectivity index (χ0v) is 15.3. The highest BCUT2D eigenvalue weighted by atomic mass is 16.5. The molecule has 0 saturated heterocycles. The number of rotatable bonds is 6. The molecule has 1 aliphatic carbocycles. The summed E-state index contributed by atoms with van der Waals surface area (Å²) in [4.78, 5) is 11.6. The molecular weight excluding hydrogens is 328 g/mol. The number of aryl methyl sites for hydroxylation is 2. The molecule has 0 radical (unpaired) electrons. The van der Waals surface area contributed by atoms with Gasteiger partial charge in [0.15, 0.2) is 16.9 Å². The van der Waals surface area contributed by atoms with Gasteiger partial charge >= 0.3 is 0 Å². The van der Waals surface area contributed by atoms with Crippen molar-refractivity contribution in [1.29, 1.82) is 5.26 Å². The molecule has 1 aliphatic rings. The van der Waals surface area contributed by atoms with Crippen molar-refractivity contribution >= 4 is 11.8 Å². The molecule has 0 N–H and O–H groups in total. The number of hydrogen-bond donors (Lipinski definition) is 0. The lowest BCUT2D eigenvalue weighted by Crippen LogP contribution is -2.09. The van der Waals surface area contributed by atoms with Crippen LogP contribution in [0.4, 0.5) is 0 Å². The molecule has 0 aliphatic heterocycles. The van der Waals surface area contributed by atoms with Crippen molar-refractivity contribution in [3.8, 4) is 17.6 Å². The highest BCUT2D eigenvalue weighted by Gasteiger charge is 2.22. The third-order valence-corrected chi connectivity index (χ3v) is 4.49. The van der Waals surface area contributed by atoms with Gasteiger partial charge in [-0.05, 0) is 56.4 Å². The van der Waals surface area contributed by atoms with E-state index in [9.17, 15) is 10.1 Å². The van der Waals surface area contributed by atoms with Crippen molar-refractivity contribution < 1.29 is 9.47 Å². The minimum atomic E-state index is -0.0385. The molecule has 1 aromatic carbocycles. The van der Waals surface area contributed by atoms with Crippen LogP contribution in [0.15, 0.2) is 35.1 Å². The standard InChI is InChI=1S/C21H22N2O3/c1-14-8-19(24)9-15(2)23(14)12-18(11-22)17-6-7-20(25-3)21(10-17)26-13-16-4-5-16/h6-10,12,16H,4-5,13H2,1-3H3/b18-12+. The van der Waals surface area contributed by atoms with Gasteiger partial charge in [0.2, 0.25) is 0 Å². The number of ether oxygens (including phenoxy) is 2. The monoisotopic (exact) mass is 350 g/mol. The Morgan fingerprint density at radius 1 is 1.23 bits per heavy atom. The summed E-state index contributed by atoms with van der Waals surface area (Å²) >= 11 is 0. The maximum Gasteiger partial charge on any atom is 0.182 e. The molecule has 1 fully saturated rings. The first-order chi connectivity index (χ1) is 12.5. The number of pyridine rings is 1. The molecule has 1 aromatic heterocycles. The summed E-state index contributed by atoms with van der Waals surface area (Å²) in [5.41, 5.74) is 2.75. The molecule has 0 amide bonds. The number of aromatic nitrogens is 1. The van der Waals surface area contributed by atoms with Crippen molar-refractivity contribution in [1.82, 2.24) is 4.57 Å². The molecule has 5 heteroatoms. The second-order valence-electron chi connectivity index (χ2n) is 6.62. The van der Waals surface area contributed by atoms with E-state index >= 15 is 0 Å². The zero-order valence-electron chi connectivity index (χ0n) is 15.3. The molecule has 0 atom stereocenters. The second kappa shape index (κ2) is 7.49. The highest BCUT2D eigenvalue weighted by Crippen LogP contribution is 2.34. The second-order valence-corrected chi connectivity index (χ2v) is 6.62. The Kier molecular flexibility index (Phi) is 5.13. The predicted molar refractivity (Wildman–Crippen MR) is 101 cm³/mol. The van der Waals surface area contributed by atoms with Gasteiger partial charge in [-0.2, -0.15) is 5.26 Å². The van der Waals surface area contributed by atoms with E-state index < -0.39 is 0 Å². The number of methoxy groups -OCH3 is 1. The molecule has 0 spiro atoms. The van der Waals surface area contributed by atoms with E-state index in [4.69, 9.17) is 9.47 Å². The van der Waals surface area contributed by atoms with Crippen molar-refractivity contribution in [3.05, 3.63) is 57.5 Å². The Morgan fingerprint density at radius 2 is 1.92 bits per heavy atom. The highest BCUT2D eigenvalue weighted by molar-refractivity contribution is 5.86. The summed E-state index contributed by atoms with van der Waals surface area (Å²) in [5.74, 6) is 1.93. The zero-order chi connectivity index (χ0) is 18.7. The van der Waals surface area contributed by atoms with Crippen LogP contribution in [0.2, 0.25) is 0 Å². The van der Waals surface area contributed by atoms with Gasteiger partial charge in [0.1, 0.15) is 6.07 Å². The van der Waals surface area contributed by atoms with Gasteiger partial charge in [-0.15, -0.1) is 0 Å². The van der Waals surface area contributed by atoms with Gasteiger partial charge in [0, 0.05) is 29.7 Å². The van der Waals surface area contributed by atoms with E-state index in [0.717, 1.165) is 17.0 Å². The van der Waals surface area contributed by atoms with Crippen LogP contribution in [0.5, 0.6) is 11.5 Å². The smallest absolute Gasteiger partial charge is 0.182 e. The minimum absolute atomic E-state index is 0.0385. The van der Waals surface area contributed by atoms with E-state index in [1.54, 1.807) is 25.4 Å². The van der Waals surface area contributed by atoms with Crippen LogP contribution in [0.25, 0.3) is 11.8 Å². The quantitative estimate of drug-likeness (QED) is 0.744. The predicted octanol–water partition coefficient (Wildman–Crippen LogP) is 3.78. The third-order valence-electron chi connectivity index (χ3n) is 4.49. The molecular formula is C21H22N2O3. The van der Waals surface area contributed by atoms with E-state index in [2.05, 4.69) is 6.07 Å². The van der Waals surface area contributed by atoms with Crippen LogP contribution in [0, 0.1) is 31.1 Å².